The summed E-state index contributed by atoms with van der Waals surface area (Å²) in [6.07, 6.45) is 3.08. The van der Waals surface area contributed by atoms with Crippen LogP contribution in [0.25, 0.3) is 0 Å². The Labute approximate surface area is 197 Å². The van der Waals surface area contributed by atoms with E-state index in [-0.39, 0.29) is 30.9 Å². The summed E-state index contributed by atoms with van der Waals surface area (Å²) in [6, 6.07) is 15.4. The summed E-state index contributed by atoms with van der Waals surface area (Å²) in [5, 5.41) is 3.08. The monoisotopic (exact) mass is 452 g/mol. The van der Waals surface area contributed by atoms with E-state index in [1.165, 1.54) is 5.56 Å². The molecule has 2 amide bonds. The second kappa shape index (κ2) is 12.3. The number of hydrogen-bond acceptors (Lipinski definition) is 4. The number of para-hydroxylation sites is 1. The SMILES string of the molecule is CCC(NC(=O)CCOc1ccc(C(C)C)cc1)c1ccccc1OCC(=O)N1CCCC1. The summed E-state index contributed by atoms with van der Waals surface area (Å²) in [5.74, 6) is 1.81. The Bertz CT molecular complexity index is 905. The molecule has 0 aliphatic carbocycles. The van der Waals surface area contributed by atoms with Crippen LogP contribution in [-0.4, -0.2) is 43.0 Å². The highest BCUT2D eigenvalue weighted by atomic mass is 16.5. The first-order valence-electron chi connectivity index (χ1n) is 12.0. The minimum Gasteiger partial charge on any atom is -0.493 e. The smallest absolute Gasteiger partial charge is 0.260 e. The lowest BCUT2D eigenvalue weighted by atomic mass is 10.0. The molecule has 1 aliphatic heterocycles. The van der Waals surface area contributed by atoms with Gasteiger partial charge in [-0.2, -0.15) is 0 Å². The van der Waals surface area contributed by atoms with Crippen LogP contribution in [0, 0.1) is 0 Å². The lowest BCUT2D eigenvalue weighted by Gasteiger charge is -2.22. The Hall–Kier alpha value is -3.02. The van der Waals surface area contributed by atoms with Gasteiger partial charge < -0.3 is 19.7 Å². The van der Waals surface area contributed by atoms with Gasteiger partial charge >= 0.3 is 0 Å². The van der Waals surface area contributed by atoms with Gasteiger partial charge in [0.15, 0.2) is 6.61 Å². The van der Waals surface area contributed by atoms with Crippen molar-refractivity contribution >= 4 is 11.8 Å². The molecule has 0 bridgehead atoms. The number of hydrogen-bond donors (Lipinski definition) is 1. The van der Waals surface area contributed by atoms with Crippen molar-refractivity contribution in [2.75, 3.05) is 26.3 Å². The average Bonchev–Trinajstić information content (AvgIpc) is 3.37. The second-order valence-corrected chi connectivity index (χ2v) is 8.76. The van der Waals surface area contributed by atoms with Crippen molar-refractivity contribution in [2.45, 2.75) is 58.4 Å². The number of carbonyl (C=O) groups is 2. The lowest BCUT2D eigenvalue weighted by Crippen LogP contribution is -2.33. The molecule has 178 valence electrons. The Balaban J connectivity index is 1.51. The summed E-state index contributed by atoms with van der Waals surface area (Å²) in [7, 11) is 0. The zero-order valence-corrected chi connectivity index (χ0v) is 20.0. The Morgan fingerprint density at radius 2 is 1.70 bits per heavy atom. The highest BCUT2D eigenvalue weighted by molar-refractivity contribution is 5.78. The van der Waals surface area contributed by atoms with Gasteiger partial charge in [-0.25, -0.2) is 0 Å². The fourth-order valence-corrected chi connectivity index (χ4v) is 3.97. The predicted molar refractivity (Wildman–Crippen MR) is 130 cm³/mol. The number of rotatable bonds is 11. The molecular formula is C27H36N2O4. The molecule has 6 heteroatoms. The van der Waals surface area contributed by atoms with Crippen LogP contribution in [0.2, 0.25) is 0 Å². The maximum absolute atomic E-state index is 12.6. The van der Waals surface area contributed by atoms with Gasteiger partial charge in [-0.15, -0.1) is 0 Å². The summed E-state index contributed by atoms with van der Waals surface area (Å²) in [5.41, 5.74) is 2.14. The van der Waals surface area contributed by atoms with Crippen molar-refractivity contribution in [1.82, 2.24) is 10.2 Å². The topological polar surface area (TPSA) is 67.9 Å². The number of amides is 2. The lowest BCUT2D eigenvalue weighted by molar-refractivity contribution is -0.132. The normalized spacial score (nSPS) is 14.2. The van der Waals surface area contributed by atoms with E-state index >= 15 is 0 Å². The maximum atomic E-state index is 12.6. The molecule has 1 N–H and O–H groups in total. The van der Waals surface area contributed by atoms with Crippen molar-refractivity contribution in [3.63, 3.8) is 0 Å². The molecule has 1 fully saturated rings. The van der Waals surface area contributed by atoms with Crippen LogP contribution in [0.5, 0.6) is 11.5 Å². The molecule has 33 heavy (non-hydrogen) atoms. The zero-order valence-electron chi connectivity index (χ0n) is 20.0. The molecule has 3 rings (SSSR count). The van der Waals surface area contributed by atoms with Crippen LogP contribution in [0.15, 0.2) is 48.5 Å². The number of nitrogens with one attached hydrogen (secondary N) is 1. The third kappa shape index (κ3) is 7.24. The van der Waals surface area contributed by atoms with Crippen molar-refractivity contribution in [3.05, 3.63) is 59.7 Å². The highest BCUT2D eigenvalue weighted by Gasteiger charge is 2.21. The first kappa shape index (κ1) is 24.6. The van der Waals surface area contributed by atoms with Crippen molar-refractivity contribution in [3.8, 4) is 11.5 Å². The van der Waals surface area contributed by atoms with E-state index in [0.29, 0.717) is 24.7 Å². The molecule has 0 saturated carbocycles. The van der Waals surface area contributed by atoms with Gasteiger partial charge in [0.1, 0.15) is 11.5 Å². The molecule has 1 unspecified atom stereocenters. The third-order valence-corrected chi connectivity index (χ3v) is 5.99. The fraction of sp³-hybridized carbons (Fsp3) is 0.481. The third-order valence-electron chi connectivity index (χ3n) is 5.99. The largest absolute Gasteiger partial charge is 0.493 e. The Kier molecular flexibility index (Phi) is 9.16. The second-order valence-electron chi connectivity index (χ2n) is 8.76. The first-order valence-corrected chi connectivity index (χ1v) is 12.0. The van der Waals surface area contributed by atoms with E-state index in [4.69, 9.17) is 9.47 Å². The summed E-state index contributed by atoms with van der Waals surface area (Å²) in [4.78, 5) is 26.8. The molecule has 0 spiro atoms. The summed E-state index contributed by atoms with van der Waals surface area (Å²) >= 11 is 0. The van der Waals surface area contributed by atoms with Gasteiger partial charge in [-0.1, -0.05) is 51.1 Å². The average molecular weight is 453 g/mol. The molecule has 1 atom stereocenters. The summed E-state index contributed by atoms with van der Waals surface area (Å²) < 4.78 is 11.6. The van der Waals surface area contributed by atoms with E-state index in [0.717, 1.165) is 37.2 Å². The molecule has 1 heterocycles. The molecule has 2 aromatic carbocycles. The van der Waals surface area contributed by atoms with Crippen molar-refractivity contribution in [2.24, 2.45) is 0 Å². The Morgan fingerprint density at radius 3 is 2.36 bits per heavy atom. The number of ether oxygens (including phenoxy) is 2. The first-order chi connectivity index (χ1) is 16.0. The van der Waals surface area contributed by atoms with Crippen LogP contribution in [0.1, 0.15) is 69.5 Å². The standard InChI is InChI=1S/C27H36N2O4/c1-4-24(28-26(30)15-18-32-22-13-11-21(12-14-22)20(2)3)23-9-5-6-10-25(23)33-19-27(31)29-16-7-8-17-29/h5-6,9-14,20,24H,4,7-8,15-19H2,1-3H3,(H,28,30). The van der Waals surface area contributed by atoms with Crippen LogP contribution in [0.4, 0.5) is 0 Å². The zero-order chi connectivity index (χ0) is 23.6. The number of benzene rings is 2. The van der Waals surface area contributed by atoms with E-state index < -0.39 is 0 Å². The number of likely N-dealkylation sites (tertiary alicyclic amines) is 1. The molecule has 1 saturated heterocycles. The number of nitrogens with zero attached hydrogens (tertiary/aromatic N) is 1. The molecule has 2 aromatic rings. The van der Waals surface area contributed by atoms with E-state index in [1.54, 1.807) is 0 Å². The van der Waals surface area contributed by atoms with Crippen LogP contribution in [0.3, 0.4) is 0 Å². The van der Waals surface area contributed by atoms with Crippen molar-refractivity contribution in [1.29, 1.82) is 0 Å². The van der Waals surface area contributed by atoms with Gasteiger partial charge in [0.2, 0.25) is 5.91 Å². The van der Waals surface area contributed by atoms with Gasteiger partial charge in [-0.3, -0.25) is 9.59 Å². The van der Waals surface area contributed by atoms with Gasteiger partial charge in [0.25, 0.3) is 5.91 Å². The van der Waals surface area contributed by atoms with Crippen molar-refractivity contribution < 1.29 is 19.1 Å². The van der Waals surface area contributed by atoms with Gasteiger partial charge in [0.05, 0.1) is 19.1 Å². The number of carbonyl (C=O) groups excluding carboxylic acids is 2. The van der Waals surface area contributed by atoms with Crippen LogP contribution in [-0.2, 0) is 9.59 Å². The molecule has 1 aliphatic rings. The highest BCUT2D eigenvalue weighted by Crippen LogP contribution is 2.27. The maximum Gasteiger partial charge on any atom is 0.260 e. The van der Waals surface area contributed by atoms with Gasteiger partial charge in [0, 0.05) is 18.7 Å². The van der Waals surface area contributed by atoms with Crippen LogP contribution >= 0.6 is 0 Å². The molecule has 6 nitrogen and oxygen atoms in total. The molecular weight excluding hydrogens is 416 g/mol. The van der Waals surface area contributed by atoms with E-state index in [2.05, 4.69) is 31.3 Å². The van der Waals surface area contributed by atoms with Gasteiger partial charge in [-0.05, 0) is 48.9 Å². The Morgan fingerprint density at radius 1 is 1.00 bits per heavy atom. The fourth-order valence-electron chi connectivity index (χ4n) is 3.97. The predicted octanol–water partition coefficient (Wildman–Crippen LogP) is 4.85. The van der Waals surface area contributed by atoms with E-state index in [9.17, 15) is 9.59 Å². The quantitative estimate of drug-likeness (QED) is 0.529. The summed E-state index contributed by atoms with van der Waals surface area (Å²) in [6.45, 7) is 8.27. The van der Waals surface area contributed by atoms with E-state index in [1.807, 2.05) is 48.2 Å². The molecule has 0 radical (unpaired) electrons. The minimum atomic E-state index is -0.194. The minimum absolute atomic E-state index is 0.0120. The van der Waals surface area contributed by atoms with Crippen LogP contribution < -0.4 is 14.8 Å². The molecule has 0 aromatic heterocycles.